The van der Waals surface area contributed by atoms with Crippen LogP contribution in [-0.2, 0) is 24.4 Å². The number of hydrogen-bond acceptors (Lipinski definition) is 6. The second kappa shape index (κ2) is 12.2. The Bertz CT molecular complexity index is 1560. The minimum absolute atomic E-state index is 0. The molecule has 0 bridgehead atoms. The molecular weight excluding hydrogens is 635 g/mol. The molecule has 4 N–H and O–H groups in total. The van der Waals surface area contributed by atoms with Gasteiger partial charge in [-0.3, -0.25) is 4.79 Å². The number of halogens is 1. The van der Waals surface area contributed by atoms with Crippen molar-refractivity contribution < 1.29 is 42.9 Å². The van der Waals surface area contributed by atoms with E-state index in [0.29, 0.717) is 36.7 Å². The van der Waals surface area contributed by atoms with E-state index in [4.69, 9.17) is 10.5 Å². The average Bonchev–Trinajstić information content (AvgIpc) is 3.50. The lowest BCUT2D eigenvalue weighted by molar-refractivity contribution is -0.676. The van der Waals surface area contributed by atoms with E-state index in [1.807, 2.05) is 25.7 Å². The number of likely N-dealkylation sites (tertiary alicyclic amines) is 1. The van der Waals surface area contributed by atoms with Crippen LogP contribution in [-0.4, -0.2) is 55.1 Å². The van der Waals surface area contributed by atoms with Gasteiger partial charge in [-0.15, -0.1) is 0 Å². The van der Waals surface area contributed by atoms with E-state index in [2.05, 4.69) is 61.4 Å². The summed E-state index contributed by atoms with van der Waals surface area (Å²) in [4.78, 5) is 39.0. The molecule has 0 spiro atoms. The zero-order chi connectivity index (χ0) is 28.6. The van der Waals surface area contributed by atoms with E-state index in [1.165, 1.54) is 5.56 Å². The van der Waals surface area contributed by atoms with Crippen LogP contribution in [0.15, 0.2) is 30.5 Å². The molecule has 5 rings (SSSR count). The zero-order valence-electron chi connectivity index (χ0n) is 24.3. The number of fused-ring (bicyclic) bond motifs is 2. The van der Waals surface area contributed by atoms with Gasteiger partial charge >= 0.3 is 6.09 Å². The number of benzene rings is 1. The fourth-order valence-corrected chi connectivity index (χ4v) is 5.57. The topological polar surface area (TPSA) is 135 Å². The van der Waals surface area contributed by atoms with Gasteiger partial charge in [0, 0.05) is 19.3 Å². The Hall–Kier alpha value is -3.42. The summed E-state index contributed by atoms with van der Waals surface area (Å²) in [6.07, 6.45) is 3.26. The summed E-state index contributed by atoms with van der Waals surface area (Å²) in [5.41, 5.74) is 10.3. The van der Waals surface area contributed by atoms with Crippen LogP contribution in [0, 0.1) is 0 Å². The number of carbonyl (C=O) groups excluding carboxylic acids is 2. The highest BCUT2D eigenvalue weighted by atomic mass is 127. The summed E-state index contributed by atoms with van der Waals surface area (Å²) >= 11 is 0. The minimum Gasteiger partial charge on any atom is -1.00 e. The number of aryl methyl sites for hydroxylation is 2. The Morgan fingerprint density at radius 2 is 1.90 bits per heavy atom. The van der Waals surface area contributed by atoms with E-state index >= 15 is 0 Å². The number of imidazole rings is 1. The van der Waals surface area contributed by atoms with Gasteiger partial charge in [-0.1, -0.05) is 6.07 Å². The molecule has 41 heavy (non-hydrogen) atoms. The molecule has 4 heterocycles. The lowest BCUT2D eigenvalue weighted by Gasteiger charge is -2.33. The van der Waals surface area contributed by atoms with Crippen LogP contribution in [0.5, 0.6) is 0 Å². The lowest BCUT2D eigenvalue weighted by atomic mass is 9.89. The van der Waals surface area contributed by atoms with Crippen LogP contribution < -0.4 is 39.6 Å². The van der Waals surface area contributed by atoms with Crippen molar-refractivity contribution in [3.05, 3.63) is 47.5 Å². The van der Waals surface area contributed by atoms with Crippen molar-refractivity contribution in [2.45, 2.75) is 78.6 Å². The third-order valence-corrected chi connectivity index (χ3v) is 7.49. The van der Waals surface area contributed by atoms with Crippen molar-refractivity contribution in [1.29, 1.82) is 0 Å². The first-order valence-electron chi connectivity index (χ1n) is 14.0. The van der Waals surface area contributed by atoms with Crippen molar-refractivity contribution in [2.75, 3.05) is 18.8 Å². The monoisotopic (exact) mass is 674 g/mol. The van der Waals surface area contributed by atoms with Gasteiger partial charge in [0.2, 0.25) is 0 Å². The van der Waals surface area contributed by atoms with Crippen molar-refractivity contribution in [1.82, 2.24) is 29.7 Å². The largest absolute Gasteiger partial charge is 1.00 e. The number of nitrogens with two attached hydrogens (primary N) is 1. The fourth-order valence-electron chi connectivity index (χ4n) is 5.57. The second-order valence-electron chi connectivity index (χ2n) is 11.2. The molecule has 1 fully saturated rings. The number of hydrogen-bond donors (Lipinski definition) is 3. The number of rotatable bonds is 6. The van der Waals surface area contributed by atoms with Crippen LogP contribution in [0.1, 0.15) is 75.3 Å². The third kappa shape index (κ3) is 6.26. The molecular formula is C29H39IN8O3. The van der Waals surface area contributed by atoms with Gasteiger partial charge in [-0.2, -0.15) is 0 Å². The molecule has 0 saturated carbocycles. The maximum absolute atomic E-state index is 13.1. The standard InChI is InChI=1S/C29H38N8O3.HI/c1-6-36-21-9-8-19(18-11-14-35(15-12-18)28(39)40-29(3,4)5)16-22(21)37(7-2)23(36)17-32-27(38)24-25(30)34-26-20(33-24)10-13-31-26;/h8-10,13,16,18H,6-7,11-12,14-15,17H2,1-5H3,(H3-,30,31,32,33,34,38);1H. The Balaban J connectivity index is 0.00000387. The van der Waals surface area contributed by atoms with E-state index < -0.39 is 5.60 Å². The minimum atomic E-state index is -0.494. The van der Waals surface area contributed by atoms with E-state index in [9.17, 15) is 9.59 Å². The van der Waals surface area contributed by atoms with Crippen molar-refractivity contribution >= 4 is 40.0 Å². The zero-order valence-corrected chi connectivity index (χ0v) is 26.5. The number of carbonyl (C=O) groups is 2. The predicted octanol–water partition coefficient (Wildman–Crippen LogP) is 0.871. The van der Waals surface area contributed by atoms with Gasteiger partial charge < -0.3 is 49.6 Å². The molecule has 1 saturated heterocycles. The van der Waals surface area contributed by atoms with E-state index in [0.717, 1.165) is 42.8 Å². The van der Waals surface area contributed by atoms with Crippen molar-refractivity contribution in [2.24, 2.45) is 0 Å². The number of piperidine rings is 1. The number of nitrogens with zero attached hydrogens (tertiary/aromatic N) is 5. The first kappa shape index (κ1) is 30.5. The lowest BCUT2D eigenvalue weighted by Crippen LogP contribution is -3.00. The molecule has 2 amide bonds. The number of aromatic nitrogens is 5. The fraction of sp³-hybridized carbons (Fsp3) is 0.483. The maximum atomic E-state index is 13.1. The number of anilines is 1. The van der Waals surface area contributed by atoms with Gasteiger partial charge in [0.05, 0.1) is 13.1 Å². The Labute approximate surface area is 256 Å². The van der Waals surface area contributed by atoms with Gasteiger partial charge in [0.15, 0.2) is 28.2 Å². The van der Waals surface area contributed by atoms with Crippen LogP contribution in [0.4, 0.5) is 10.6 Å². The van der Waals surface area contributed by atoms with Gasteiger partial charge in [0.1, 0.15) is 17.7 Å². The number of amides is 2. The Kier molecular flexibility index (Phi) is 9.10. The summed E-state index contributed by atoms with van der Waals surface area (Å²) in [5.74, 6) is 1.10. The van der Waals surface area contributed by atoms with E-state index in [-0.39, 0.29) is 47.5 Å². The normalized spacial score (nSPS) is 14.3. The number of H-pyrrole nitrogens is 1. The predicted molar refractivity (Wildman–Crippen MR) is 153 cm³/mol. The highest BCUT2D eigenvalue weighted by Crippen LogP contribution is 2.31. The first-order valence-corrected chi connectivity index (χ1v) is 14.0. The molecule has 0 radical (unpaired) electrons. The van der Waals surface area contributed by atoms with Crippen molar-refractivity contribution in [3.63, 3.8) is 0 Å². The molecule has 3 aromatic heterocycles. The Morgan fingerprint density at radius 1 is 1.17 bits per heavy atom. The highest BCUT2D eigenvalue weighted by molar-refractivity contribution is 5.98. The van der Waals surface area contributed by atoms with Crippen molar-refractivity contribution in [3.8, 4) is 0 Å². The molecule has 0 atom stereocenters. The number of aromatic amines is 1. The maximum Gasteiger partial charge on any atom is 0.410 e. The third-order valence-electron chi connectivity index (χ3n) is 7.49. The molecule has 4 aromatic rings. The second-order valence-corrected chi connectivity index (χ2v) is 11.2. The molecule has 0 unspecified atom stereocenters. The summed E-state index contributed by atoms with van der Waals surface area (Å²) in [6, 6.07) is 8.41. The number of nitrogen functional groups attached to an aromatic ring is 1. The number of ether oxygens (including phenoxy) is 1. The summed E-state index contributed by atoms with van der Waals surface area (Å²) in [6.45, 7) is 13.1. The molecule has 1 aromatic carbocycles. The van der Waals surface area contributed by atoms with Gasteiger partial charge in [-0.25, -0.2) is 23.9 Å². The van der Waals surface area contributed by atoms with Crippen LogP contribution in [0.3, 0.4) is 0 Å². The average molecular weight is 675 g/mol. The van der Waals surface area contributed by atoms with Crippen LogP contribution in [0.25, 0.3) is 22.2 Å². The van der Waals surface area contributed by atoms with Crippen LogP contribution >= 0.6 is 0 Å². The molecule has 0 aliphatic carbocycles. The quantitative estimate of drug-likeness (QED) is 0.205. The molecule has 1 aliphatic rings. The smallest absolute Gasteiger partial charge is 0.410 e. The number of nitrogens with one attached hydrogen (secondary N) is 2. The van der Waals surface area contributed by atoms with Crippen LogP contribution in [0.2, 0.25) is 0 Å². The van der Waals surface area contributed by atoms with Gasteiger partial charge in [-0.05, 0) is 77.1 Å². The molecule has 220 valence electrons. The summed E-state index contributed by atoms with van der Waals surface area (Å²) in [5, 5.41) is 3.01. The Morgan fingerprint density at radius 3 is 2.56 bits per heavy atom. The van der Waals surface area contributed by atoms with Gasteiger partial charge in [0.25, 0.3) is 11.7 Å². The molecule has 11 nitrogen and oxygen atoms in total. The summed E-state index contributed by atoms with van der Waals surface area (Å²) < 4.78 is 10.0. The summed E-state index contributed by atoms with van der Waals surface area (Å²) in [7, 11) is 0. The highest BCUT2D eigenvalue weighted by Gasteiger charge is 2.30. The molecule has 1 aliphatic heterocycles. The SMILES string of the molecule is CCn1c(CNC(=O)c2nc3cc[nH]c3nc2N)[n+](CC)c2ccc(C3CCN(C(=O)OC(C)(C)C)CC3)cc21.[I-]. The first-order chi connectivity index (χ1) is 19.1. The van der Waals surface area contributed by atoms with E-state index in [1.54, 1.807) is 12.3 Å². The molecule has 12 heteroatoms.